The average Bonchev–Trinajstić information content (AvgIpc) is 2.20. The fraction of sp³-hybridized carbons (Fsp3) is 0.833. The Hall–Kier alpha value is 0.630. The molecule has 15 heavy (non-hydrogen) atoms. The molecule has 0 aromatic carbocycles. The van der Waals surface area contributed by atoms with Crippen LogP contribution < -0.4 is 0 Å². The molecule has 0 amide bonds. The highest BCUT2D eigenvalue weighted by Crippen LogP contribution is 2.12. The summed E-state index contributed by atoms with van der Waals surface area (Å²) < 4.78 is 12.0. The van der Waals surface area contributed by atoms with Crippen LogP contribution in [-0.4, -0.2) is 5.33 Å². The minimum atomic E-state index is -0.225. The minimum Gasteiger partial charge on any atom is -0.199 e. The predicted molar refractivity (Wildman–Crippen MR) is 73.5 cm³/mol. The smallest absolute Gasteiger partial charge is 0.161 e. The van der Waals surface area contributed by atoms with Crippen molar-refractivity contribution in [2.24, 2.45) is 0 Å². The lowest BCUT2D eigenvalue weighted by molar-refractivity contribution is 0.577. The van der Waals surface area contributed by atoms with Gasteiger partial charge in [0.15, 0.2) is 4.74 Å². The van der Waals surface area contributed by atoms with E-state index in [1.165, 1.54) is 44.9 Å². The van der Waals surface area contributed by atoms with Crippen molar-refractivity contribution in [3.63, 3.8) is 0 Å². The van der Waals surface area contributed by atoms with Gasteiger partial charge in [-0.3, -0.25) is 0 Å². The van der Waals surface area contributed by atoms with E-state index in [1.54, 1.807) is 6.08 Å². The molecule has 3 heteroatoms. The van der Waals surface area contributed by atoms with Gasteiger partial charge in [0.25, 0.3) is 0 Å². The van der Waals surface area contributed by atoms with Gasteiger partial charge in [0.05, 0.1) is 0 Å². The maximum absolute atomic E-state index is 12.2. The third kappa shape index (κ3) is 14.6. The molecule has 0 aliphatic carbocycles. The van der Waals surface area contributed by atoms with E-state index in [1.807, 2.05) is 0 Å². The Bertz CT molecular complexity index is 154. The van der Waals surface area contributed by atoms with Gasteiger partial charge in [0.2, 0.25) is 0 Å². The molecule has 0 heterocycles. The fourth-order valence-electron chi connectivity index (χ4n) is 1.51. The molecule has 0 spiro atoms. The molecule has 0 radical (unpaired) electrons. The van der Waals surface area contributed by atoms with Gasteiger partial charge in [-0.25, -0.2) is 0 Å². The van der Waals surface area contributed by atoms with Crippen molar-refractivity contribution in [3.05, 3.63) is 10.8 Å². The lowest BCUT2D eigenvalue weighted by atomic mass is 10.1. The number of rotatable bonds is 10. The summed E-state index contributed by atoms with van der Waals surface area (Å²) in [6, 6.07) is 0. The van der Waals surface area contributed by atoms with Gasteiger partial charge in [-0.1, -0.05) is 54.5 Å². The molecular formula is C12H21Br2F. The van der Waals surface area contributed by atoms with E-state index in [-0.39, 0.29) is 4.74 Å². The van der Waals surface area contributed by atoms with E-state index in [0.29, 0.717) is 0 Å². The van der Waals surface area contributed by atoms with Crippen molar-refractivity contribution >= 4 is 31.9 Å². The molecule has 0 bridgehead atoms. The van der Waals surface area contributed by atoms with Gasteiger partial charge in [0.1, 0.15) is 0 Å². The molecule has 0 aliphatic rings. The third-order valence-corrected chi connectivity index (χ3v) is 3.27. The number of halogens is 3. The standard InChI is InChI=1S/C12H21Br2F/c13-11-9-7-5-3-1-2-4-6-8-10-12(14)15/h10H,1-9,11H2/b12-10-. The molecular weight excluding hydrogens is 323 g/mol. The van der Waals surface area contributed by atoms with Crippen LogP contribution in [0.15, 0.2) is 10.8 Å². The van der Waals surface area contributed by atoms with Crippen molar-refractivity contribution < 1.29 is 4.39 Å². The second kappa shape index (κ2) is 12.7. The molecule has 0 aromatic heterocycles. The van der Waals surface area contributed by atoms with E-state index < -0.39 is 0 Å². The molecule has 0 aliphatic heterocycles. The SMILES string of the molecule is F/C(Br)=C\CCCCCCCCCCBr. The van der Waals surface area contributed by atoms with Crippen LogP contribution in [0.5, 0.6) is 0 Å². The third-order valence-electron chi connectivity index (χ3n) is 2.39. The normalized spacial score (nSPS) is 12.1. The summed E-state index contributed by atoms with van der Waals surface area (Å²) in [5, 5.41) is 1.14. The molecule has 0 N–H and O–H groups in total. The second-order valence-electron chi connectivity index (χ2n) is 3.80. The molecule has 0 saturated carbocycles. The van der Waals surface area contributed by atoms with Crippen LogP contribution in [0.3, 0.4) is 0 Å². The lowest BCUT2D eigenvalue weighted by Gasteiger charge is -2.00. The molecule has 0 nitrogen and oxygen atoms in total. The van der Waals surface area contributed by atoms with Crippen LogP contribution in [0.4, 0.5) is 4.39 Å². The van der Waals surface area contributed by atoms with E-state index >= 15 is 0 Å². The predicted octanol–water partition coefficient (Wildman–Crippen LogP) is 6.10. The first-order valence-corrected chi connectivity index (χ1v) is 7.76. The van der Waals surface area contributed by atoms with Gasteiger partial charge >= 0.3 is 0 Å². The summed E-state index contributed by atoms with van der Waals surface area (Å²) >= 11 is 6.22. The Balaban J connectivity index is 2.96. The van der Waals surface area contributed by atoms with E-state index in [0.717, 1.165) is 18.2 Å². The fourth-order valence-corrected chi connectivity index (χ4v) is 2.14. The first kappa shape index (κ1) is 15.6. The van der Waals surface area contributed by atoms with Gasteiger partial charge < -0.3 is 0 Å². The lowest BCUT2D eigenvalue weighted by Crippen LogP contribution is -1.81. The number of hydrogen-bond acceptors (Lipinski definition) is 0. The van der Waals surface area contributed by atoms with Gasteiger partial charge in [-0.15, -0.1) is 0 Å². The van der Waals surface area contributed by atoms with Crippen molar-refractivity contribution in [1.29, 1.82) is 0 Å². The summed E-state index contributed by atoms with van der Waals surface area (Å²) in [7, 11) is 0. The zero-order valence-electron chi connectivity index (χ0n) is 9.28. The van der Waals surface area contributed by atoms with Gasteiger partial charge in [-0.05, 0) is 41.3 Å². The Kier molecular flexibility index (Phi) is 13.2. The summed E-state index contributed by atoms with van der Waals surface area (Å²) in [5.41, 5.74) is 0. The highest BCUT2D eigenvalue weighted by molar-refractivity contribution is 9.11. The molecule has 0 unspecified atom stereocenters. The number of unbranched alkanes of at least 4 members (excludes halogenated alkanes) is 8. The minimum absolute atomic E-state index is 0.225. The van der Waals surface area contributed by atoms with Gasteiger partial charge in [0, 0.05) is 5.33 Å². The van der Waals surface area contributed by atoms with Crippen molar-refractivity contribution in [1.82, 2.24) is 0 Å². The number of alkyl halides is 1. The quantitative estimate of drug-likeness (QED) is 0.332. The summed E-state index contributed by atoms with van der Waals surface area (Å²) in [6.07, 6.45) is 12.8. The zero-order valence-corrected chi connectivity index (χ0v) is 12.5. The maximum atomic E-state index is 12.2. The van der Waals surface area contributed by atoms with Crippen LogP contribution in [0.1, 0.15) is 57.8 Å². The zero-order chi connectivity index (χ0) is 11.4. The van der Waals surface area contributed by atoms with Crippen LogP contribution in [0.2, 0.25) is 0 Å². The van der Waals surface area contributed by atoms with E-state index in [9.17, 15) is 4.39 Å². The summed E-state index contributed by atoms with van der Waals surface area (Å²) in [6.45, 7) is 0. The maximum Gasteiger partial charge on any atom is 0.161 e. The van der Waals surface area contributed by atoms with Crippen molar-refractivity contribution in [3.8, 4) is 0 Å². The van der Waals surface area contributed by atoms with Crippen LogP contribution in [-0.2, 0) is 0 Å². The molecule has 0 saturated heterocycles. The van der Waals surface area contributed by atoms with Crippen molar-refractivity contribution in [2.75, 3.05) is 5.33 Å². The first-order valence-electron chi connectivity index (χ1n) is 5.84. The molecule has 0 aromatic rings. The molecule has 0 atom stereocenters. The van der Waals surface area contributed by atoms with Gasteiger partial charge in [-0.2, -0.15) is 4.39 Å². The Morgan fingerprint density at radius 1 is 0.867 bits per heavy atom. The Labute approximate surface area is 110 Å². The number of allylic oxidation sites excluding steroid dienone is 1. The Morgan fingerprint density at radius 3 is 1.80 bits per heavy atom. The van der Waals surface area contributed by atoms with Crippen LogP contribution in [0, 0.1) is 0 Å². The second-order valence-corrected chi connectivity index (χ2v) is 5.35. The average molecular weight is 344 g/mol. The molecule has 0 fully saturated rings. The first-order chi connectivity index (χ1) is 7.27. The molecule has 0 rings (SSSR count). The van der Waals surface area contributed by atoms with Crippen LogP contribution in [0.25, 0.3) is 0 Å². The summed E-state index contributed by atoms with van der Waals surface area (Å²) in [4.78, 5) is 0. The highest BCUT2D eigenvalue weighted by Gasteiger charge is 1.92. The molecule has 90 valence electrons. The topological polar surface area (TPSA) is 0 Å². The van der Waals surface area contributed by atoms with E-state index in [4.69, 9.17) is 0 Å². The van der Waals surface area contributed by atoms with Crippen LogP contribution >= 0.6 is 31.9 Å². The highest BCUT2D eigenvalue weighted by atomic mass is 79.9. The summed E-state index contributed by atoms with van der Waals surface area (Å²) in [5.74, 6) is 0. The monoisotopic (exact) mass is 342 g/mol. The number of hydrogen-bond donors (Lipinski definition) is 0. The largest absolute Gasteiger partial charge is 0.199 e. The Morgan fingerprint density at radius 2 is 1.33 bits per heavy atom. The van der Waals surface area contributed by atoms with Crippen molar-refractivity contribution in [2.45, 2.75) is 57.8 Å². The van der Waals surface area contributed by atoms with E-state index in [2.05, 4.69) is 31.9 Å².